The molecule has 0 bridgehead atoms. The topological polar surface area (TPSA) is 12.0 Å². The fraction of sp³-hybridized carbons (Fsp3) is 0.667. The van der Waals surface area contributed by atoms with Gasteiger partial charge in [0.25, 0.3) is 0 Å². The third kappa shape index (κ3) is 1.32. The van der Waals surface area contributed by atoms with Crippen LogP contribution in [0.15, 0.2) is 11.6 Å². The molecule has 1 aliphatic heterocycles. The molecule has 0 aromatic rings. The van der Waals surface area contributed by atoms with Crippen LogP contribution in [0.2, 0.25) is 0 Å². The molecule has 1 aliphatic rings. The smallest absolute Gasteiger partial charge is 0.0137 e. The summed E-state index contributed by atoms with van der Waals surface area (Å²) in [5.41, 5.74) is 1.53. The van der Waals surface area contributed by atoms with Crippen LogP contribution >= 0.6 is 0 Å². The molecule has 0 amide bonds. The zero-order valence-corrected chi connectivity index (χ0v) is 4.70. The molecule has 0 atom stereocenters. The van der Waals surface area contributed by atoms with Gasteiger partial charge in [-0.2, -0.15) is 0 Å². The Morgan fingerprint density at radius 2 is 2.57 bits per heavy atom. The highest BCUT2D eigenvalue weighted by Gasteiger charge is 1.93. The first-order valence-electron chi connectivity index (χ1n) is 2.76. The first-order chi connectivity index (χ1) is 3.39. The molecule has 0 saturated heterocycles. The average Bonchev–Trinajstić information content (AvgIpc) is 1.69. The fourth-order valence-electron chi connectivity index (χ4n) is 0.736. The summed E-state index contributed by atoms with van der Waals surface area (Å²) < 4.78 is 0. The Hall–Kier alpha value is -0.300. The van der Waals surface area contributed by atoms with E-state index in [0.29, 0.717) is 0 Å². The lowest BCUT2D eigenvalue weighted by Gasteiger charge is -2.08. The van der Waals surface area contributed by atoms with Crippen molar-refractivity contribution < 1.29 is 0 Å². The molecule has 7 heavy (non-hydrogen) atoms. The van der Waals surface area contributed by atoms with E-state index in [0.717, 1.165) is 6.54 Å². The molecule has 40 valence electrons. The van der Waals surface area contributed by atoms with Gasteiger partial charge in [0.05, 0.1) is 0 Å². The monoisotopic (exact) mass is 97.1 g/mol. The minimum Gasteiger partial charge on any atom is -0.313 e. The van der Waals surface area contributed by atoms with Gasteiger partial charge in [0.1, 0.15) is 0 Å². The van der Waals surface area contributed by atoms with E-state index in [1.165, 1.54) is 18.5 Å². The molecule has 0 fully saturated rings. The molecule has 0 aliphatic carbocycles. The Morgan fingerprint density at radius 3 is 2.86 bits per heavy atom. The molecule has 0 saturated carbocycles. The summed E-state index contributed by atoms with van der Waals surface area (Å²) in [6.45, 7) is 4.43. The minimum absolute atomic E-state index is 1.08. The van der Waals surface area contributed by atoms with Crippen LogP contribution in [0.1, 0.15) is 13.3 Å². The molecule has 0 radical (unpaired) electrons. The van der Waals surface area contributed by atoms with Gasteiger partial charge in [0.2, 0.25) is 0 Å². The second kappa shape index (κ2) is 2.12. The van der Waals surface area contributed by atoms with Crippen molar-refractivity contribution in [2.24, 2.45) is 0 Å². The Bertz CT molecular complexity index is 84.2. The van der Waals surface area contributed by atoms with Gasteiger partial charge >= 0.3 is 0 Å². The third-order valence-corrected chi connectivity index (χ3v) is 1.29. The van der Waals surface area contributed by atoms with E-state index < -0.39 is 0 Å². The van der Waals surface area contributed by atoms with Crippen LogP contribution in [0.25, 0.3) is 0 Å². The van der Waals surface area contributed by atoms with E-state index in [4.69, 9.17) is 0 Å². The van der Waals surface area contributed by atoms with Crippen LogP contribution in [0, 0.1) is 0 Å². The van der Waals surface area contributed by atoms with Crippen molar-refractivity contribution in [2.75, 3.05) is 13.1 Å². The predicted octanol–water partition coefficient (Wildman–Crippen LogP) is 0.926. The van der Waals surface area contributed by atoms with Crippen LogP contribution in [0.5, 0.6) is 0 Å². The number of hydrogen-bond acceptors (Lipinski definition) is 1. The highest BCUT2D eigenvalue weighted by molar-refractivity contribution is 5.02. The van der Waals surface area contributed by atoms with Gasteiger partial charge < -0.3 is 5.32 Å². The summed E-state index contributed by atoms with van der Waals surface area (Å²) >= 11 is 0. The van der Waals surface area contributed by atoms with Crippen molar-refractivity contribution in [1.82, 2.24) is 5.32 Å². The molecule has 1 heteroatoms. The molecular formula is C6H11N. The van der Waals surface area contributed by atoms with Gasteiger partial charge in [-0.25, -0.2) is 0 Å². The third-order valence-electron chi connectivity index (χ3n) is 1.29. The highest BCUT2D eigenvalue weighted by atomic mass is 14.8. The fourth-order valence-corrected chi connectivity index (χ4v) is 0.736. The summed E-state index contributed by atoms with van der Waals surface area (Å²) in [6.07, 6.45) is 3.48. The lowest BCUT2D eigenvalue weighted by atomic mass is 10.1. The Balaban J connectivity index is 2.40. The van der Waals surface area contributed by atoms with Crippen LogP contribution in [-0.4, -0.2) is 13.1 Å². The Morgan fingerprint density at radius 1 is 1.71 bits per heavy atom. The van der Waals surface area contributed by atoms with Gasteiger partial charge in [0, 0.05) is 6.54 Å². The van der Waals surface area contributed by atoms with Gasteiger partial charge in [-0.3, -0.25) is 0 Å². The molecule has 1 nitrogen and oxygen atoms in total. The summed E-state index contributed by atoms with van der Waals surface area (Å²) in [7, 11) is 0. The highest BCUT2D eigenvalue weighted by Crippen LogP contribution is 1.99. The first-order valence-corrected chi connectivity index (χ1v) is 2.76. The zero-order chi connectivity index (χ0) is 5.11. The van der Waals surface area contributed by atoms with Gasteiger partial charge in [-0.05, 0) is 19.9 Å². The van der Waals surface area contributed by atoms with E-state index in [9.17, 15) is 0 Å². The van der Waals surface area contributed by atoms with Gasteiger partial charge in [-0.15, -0.1) is 0 Å². The van der Waals surface area contributed by atoms with E-state index in [2.05, 4.69) is 18.3 Å². The molecule has 1 rings (SSSR count). The molecule has 0 aromatic heterocycles. The molecule has 1 heterocycles. The summed E-state index contributed by atoms with van der Waals surface area (Å²) in [6, 6.07) is 0. The number of hydrogen-bond donors (Lipinski definition) is 1. The number of rotatable bonds is 0. The molecule has 0 spiro atoms. The van der Waals surface area contributed by atoms with Crippen molar-refractivity contribution in [3.8, 4) is 0 Å². The van der Waals surface area contributed by atoms with Crippen molar-refractivity contribution >= 4 is 0 Å². The maximum atomic E-state index is 3.24. The quantitative estimate of drug-likeness (QED) is 0.443. The van der Waals surface area contributed by atoms with E-state index in [1.807, 2.05) is 0 Å². The Kier molecular flexibility index (Phi) is 1.47. The second-order valence-electron chi connectivity index (χ2n) is 2.00. The van der Waals surface area contributed by atoms with Crippen molar-refractivity contribution in [1.29, 1.82) is 0 Å². The van der Waals surface area contributed by atoms with Crippen LogP contribution in [-0.2, 0) is 0 Å². The zero-order valence-electron chi connectivity index (χ0n) is 4.70. The summed E-state index contributed by atoms with van der Waals surface area (Å²) in [5, 5.41) is 3.24. The molecule has 0 unspecified atom stereocenters. The number of nitrogens with one attached hydrogen (secondary N) is 1. The van der Waals surface area contributed by atoms with E-state index in [1.54, 1.807) is 0 Å². The van der Waals surface area contributed by atoms with Crippen LogP contribution in [0.3, 0.4) is 0 Å². The molecule has 1 N–H and O–H groups in total. The van der Waals surface area contributed by atoms with Gasteiger partial charge in [0.15, 0.2) is 0 Å². The first kappa shape index (κ1) is 4.85. The van der Waals surface area contributed by atoms with Crippen LogP contribution < -0.4 is 5.32 Å². The average molecular weight is 97.2 g/mol. The molecular weight excluding hydrogens is 86.1 g/mol. The predicted molar refractivity (Wildman–Crippen MR) is 31.2 cm³/mol. The summed E-state index contributed by atoms with van der Waals surface area (Å²) in [4.78, 5) is 0. The minimum atomic E-state index is 1.08. The lowest BCUT2D eigenvalue weighted by Crippen LogP contribution is -2.19. The normalized spacial score (nSPS) is 21.6. The Labute approximate surface area is 44.4 Å². The summed E-state index contributed by atoms with van der Waals surface area (Å²) in [5.74, 6) is 0. The maximum Gasteiger partial charge on any atom is 0.0137 e. The lowest BCUT2D eigenvalue weighted by molar-refractivity contribution is 0.703. The SMILES string of the molecule is CC1=CCNCC1. The second-order valence-corrected chi connectivity index (χ2v) is 2.00. The standard InChI is InChI=1S/C6H11N/c1-6-2-4-7-5-3-6/h2,7H,3-5H2,1H3. The van der Waals surface area contributed by atoms with E-state index >= 15 is 0 Å². The van der Waals surface area contributed by atoms with Crippen molar-refractivity contribution in [3.63, 3.8) is 0 Å². The van der Waals surface area contributed by atoms with Crippen molar-refractivity contribution in [2.45, 2.75) is 13.3 Å². The van der Waals surface area contributed by atoms with Crippen molar-refractivity contribution in [3.05, 3.63) is 11.6 Å². The molecule has 0 aromatic carbocycles. The van der Waals surface area contributed by atoms with E-state index in [-0.39, 0.29) is 0 Å². The van der Waals surface area contributed by atoms with Gasteiger partial charge in [-0.1, -0.05) is 11.6 Å². The van der Waals surface area contributed by atoms with Crippen LogP contribution in [0.4, 0.5) is 0 Å². The largest absolute Gasteiger partial charge is 0.313 e. The maximum absolute atomic E-state index is 3.24.